The zero-order valence-corrected chi connectivity index (χ0v) is 10.3. The van der Waals surface area contributed by atoms with E-state index in [2.05, 4.69) is 4.74 Å². The van der Waals surface area contributed by atoms with E-state index in [1.165, 1.54) is 18.2 Å². The molecule has 4 nitrogen and oxygen atoms in total. The second-order valence-electron chi connectivity index (χ2n) is 3.87. The van der Waals surface area contributed by atoms with Crippen molar-refractivity contribution < 1.29 is 28.2 Å². The Kier molecular flexibility index (Phi) is 4.74. The fourth-order valence-corrected chi connectivity index (χ4v) is 1.60. The summed E-state index contributed by atoms with van der Waals surface area (Å²) in [4.78, 5) is 21.2. The van der Waals surface area contributed by atoms with Crippen molar-refractivity contribution in [3.63, 3.8) is 0 Å². The molecule has 0 saturated heterocycles. The Morgan fingerprint density at radius 1 is 1.26 bits per heavy atom. The van der Waals surface area contributed by atoms with Crippen LogP contribution in [0.2, 0.25) is 0 Å². The molecule has 1 N–H and O–H groups in total. The Balaban J connectivity index is 3.01. The van der Waals surface area contributed by atoms with Crippen molar-refractivity contribution in [2.75, 3.05) is 0 Å². The average Bonchev–Trinajstić information content (AvgIpc) is 2.30. The molecule has 1 rings (SSSR count). The van der Waals surface area contributed by atoms with Crippen molar-refractivity contribution in [2.45, 2.75) is 20.5 Å². The maximum absolute atomic E-state index is 12.2. The third-order valence-corrected chi connectivity index (χ3v) is 2.33. The molecule has 0 heterocycles. The molecule has 0 amide bonds. The topological polar surface area (TPSA) is 63.6 Å². The van der Waals surface area contributed by atoms with E-state index in [0.717, 1.165) is 6.08 Å². The molecule has 1 aromatic rings. The van der Waals surface area contributed by atoms with Crippen molar-refractivity contribution in [3.05, 3.63) is 34.9 Å². The molecule has 0 spiro atoms. The molecule has 102 valence electrons. The van der Waals surface area contributed by atoms with Gasteiger partial charge in [-0.3, -0.25) is 4.79 Å². The first-order valence-corrected chi connectivity index (χ1v) is 5.32. The van der Waals surface area contributed by atoms with Gasteiger partial charge in [0.2, 0.25) is 0 Å². The van der Waals surface area contributed by atoms with Gasteiger partial charge in [-0.15, -0.1) is 0 Å². The summed E-state index contributed by atoms with van der Waals surface area (Å²) in [6.45, 7) is 0.259. The average molecular weight is 270 g/mol. The molecule has 0 unspecified atom stereocenters. The smallest absolute Gasteiger partial charge is 0.387 e. The van der Waals surface area contributed by atoms with Crippen molar-refractivity contribution in [3.8, 4) is 5.75 Å². The SMILES string of the molecule is Cc1cc(/C=C/C(=O)C(=O)O)cc(C)c1OC(F)F. The van der Waals surface area contributed by atoms with Crippen LogP contribution in [0.1, 0.15) is 16.7 Å². The molecule has 0 radical (unpaired) electrons. The van der Waals surface area contributed by atoms with Gasteiger partial charge in [0, 0.05) is 0 Å². The minimum Gasteiger partial charge on any atom is -0.475 e. The first-order valence-electron chi connectivity index (χ1n) is 5.32. The number of benzene rings is 1. The summed E-state index contributed by atoms with van der Waals surface area (Å²) >= 11 is 0. The van der Waals surface area contributed by atoms with Crippen LogP contribution in [0.15, 0.2) is 18.2 Å². The highest BCUT2D eigenvalue weighted by Crippen LogP contribution is 2.26. The van der Waals surface area contributed by atoms with Crippen LogP contribution in [-0.2, 0) is 9.59 Å². The standard InChI is InChI=1S/C13H12F2O4/c1-7-5-9(3-4-10(16)12(17)18)6-8(2)11(7)19-13(14)15/h3-6,13H,1-2H3,(H,17,18)/b4-3+. The van der Waals surface area contributed by atoms with Crippen LogP contribution >= 0.6 is 0 Å². The molecule has 0 saturated carbocycles. The van der Waals surface area contributed by atoms with Gasteiger partial charge in [0.15, 0.2) is 0 Å². The van der Waals surface area contributed by atoms with Crippen LogP contribution in [-0.4, -0.2) is 23.5 Å². The van der Waals surface area contributed by atoms with Crippen LogP contribution in [0.4, 0.5) is 8.78 Å². The Hall–Kier alpha value is -2.24. The second kappa shape index (κ2) is 6.08. The van der Waals surface area contributed by atoms with Gasteiger partial charge in [-0.1, -0.05) is 6.08 Å². The van der Waals surface area contributed by atoms with E-state index in [1.54, 1.807) is 13.8 Å². The highest BCUT2D eigenvalue weighted by Gasteiger charge is 2.11. The van der Waals surface area contributed by atoms with Crippen LogP contribution in [0, 0.1) is 13.8 Å². The number of aryl methyl sites for hydroxylation is 2. The number of carbonyl (C=O) groups is 2. The van der Waals surface area contributed by atoms with E-state index >= 15 is 0 Å². The zero-order chi connectivity index (χ0) is 14.6. The van der Waals surface area contributed by atoms with E-state index in [1.807, 2.05) is 0 Å². The van der Waals surface area contributed by atoms with Gasteiger partial charge < -0.3 is 9.84 Å². The van der Waals surface area contributed by atoms with Gasteiger partial charge in [0.25, 0.3) is 5.78 Å². The van der Waals surface area contributed by atoms with Gasteiger partial charge in [0.05, 0.1) is 0 Å². The Labute approximate surface area is 108 Å². The third-order valence-electron chi connectivity index (χ3n) is 2.33. The van der Waals surface area contributed by atoms with Gasteiger partial charge >= 0.3 is 12.6 Å². The number of halogens is 2. The normalized spacial score (nSPS) is 11.0. The summed E-state index contributed by atoms with van der Waals surface area (Å²) in [5.41, 5.74) is 1.48. The molecule has 0 fully saturated rings. The van der Waals surface area contributed by atoms with Crippen molar-refractivity contribution >= 4 is 17.8 Å². The molecular weight excluding hydrogens is 258 g/mol. The molecule has 0 aliphatic rings. The first-order chi connectivity index (χ1) is 8.81. The minimum absolute atomic E-state index is 0.0803. The maximum Gasteiger partial charge on any atom is 0.387 e. The van der Waals surface area contributed by atoms with Gasteiger partial charge in [0.1, 0.15) is 5.75 Å². The highest BCUT2D eigenvalue weighted by molar-refractivity contribution is 6.38. The molecule has 0 atom stereocenters. The molecule has 0 bridgehead atoms. The van der Waals surface area contributed by atoms with Gasteiger partial charge in [-0.25, -0.2) is 4.79 Å². The number of ether oxygens (including phenoxy) is 1. The van der Waals surface area contributed by atoms with Crippen LogP contribution < -0.4 is 4.74 Å². The van der Waals surface area contributed by atoms with E-state index in [-0.39, 0.29) is 5.75 Å². The number of carbonyl (C=O) groups excluding carboxylic acids is 1. The Morgan fingerprint density at radius 3 is 2.21 bits per heavy atom. The quantitative estimate of drug-likeness (QED) is 0.659. The summed E-state index contributed by atoms with van der Waals surface area (Å²) in [6.07, 6.45) is 2.22. The Bertz CT molecular complexity index is 512. The summed E-state index contributed by atoms with van der Waals surface area (Å²) < 4.78 is 28.7. The molecule has 1 aromatic carbocycles. The number of ketones is 1. The molecular formula is C13H12F2O4. The number of alkyl halides is 2. The first kappa shape index (κ1) is 14.8. The number of carboxylic acids is 1. The maximum atomic E-state index is 12.2. The van der Waals surface area contributed by atoms with Crippen LogP contribution in [0.25, 0.3) is 6.08 Å². The lowest BCUT2D eigenvalue weighted by Gasteiger charge is -2.11. The van der Waals surface area contributed by atoms with E-state index in [0.29, 0.717) is 16.7 Å². The van der Waals surface area contributed by atoms with E-state index < -0.39 is 18.4 Å². The van der Waals surface area contributed by atoms with Crippen molar-refractivity contribution in [1.29, 1.82) is 0 Å². The Morgan fingerprint density at radius 2 is 1.79 bits per heavy atom. The predicted octanol–water partition coefficient (Wildman–Crippen LogP) is 2.57. The lowest BCUT2D eigenvalue weighted by atomic mass is 10.0. The fraction of sp³-hybridized carbons (Fsp3) is 0.231. The molecule has 6 heteroatoms. The number of hydrogen-bond donors (Lipinski definition) is 1. The fourth-order valence-electron chi connectivity index (χ4n) is 1.60. The van der Waals surface area contributed by atoms with Gasteiger partial charge in [-0.2, -0.15) is 8.78 Å². The molecule has 0 aliphatic carbocycles. The third kappa shape index (κ3) is 4.17. The molecule has 19 heavy (non-hydrogen) atoms. The summed E-state index contributed by atoms with van der Waals surface area (Å²) in [5.74, 6) is -2.53. The number of carboxylic acid groups (broad SMARTS) is 1. The molecule has 0 aliphatic heterocycles. The van der Waals surface area contributed by atoms with Crippen molar-refractivity contribution in [2.24, 2.45) is 0 Å². The van der Waals surface area contributed by atoms with E-state index in [9.17, 15) is 18.4 Å². The monoisotopic (exact) mass is 270 g/mol. The largest absolute Gasteiger partial charge is 0.475 e. The number of rotatable bonds is 5. The summed E-state index contributed by atoms with van der Waals surface area (Å²) in [7, 11) is 0. The lowest BCUT2D eigenvalue weighted by Crippen LogP contribution is -2.08. The van der Waals surface area contributed by atoms with E-state index in [4.69, 9.17) is 5.11 Å². The minimum atomic E-state index is -2.91. The summed E-state index contributed by atoms with van der Waals surface area (Å²) in [5, 5.41) is 8.41. The zero-order valence-electron chi connectivity index (χ0n) is 10.3. The second-order valence-corrected chi connectivity index (χ2v) is 3.87. The predicted molar refractivity (Wildman–Crippen MR) is 64.2 cm³/mol. The van der Waals surface area contributed by atoms with Crippen molar-refractivity contribution in [1.82, 2.24) is 0 Å². The molecule has 0 aromatic heterocycles. The lowest BCUT2D eigenvalue weighted by molar-refractivity contribution is -0.146. The number of aliphatic carboxylic acids is 1. The highest BCUT2D eigenvalue weighted by atomic mass is 19.3. The van der Waals surface area contributed by atoms with Gasteiger partial charge in [-0.05, 0) is 48.7 Å². The van der Waals surface area contributed by atoms with Crippen LogP contribution in [0.3, 0.4) is 0 Å². The summed E-state index contributed by atoms with van der Waals surface area (Å²) in [6, 6.07) is 3.05. The van der Waals surface area contributed by atoms with Crippen LogP contribution in [0.5, 0.6) is 5.75 Å². The number of hydrogen-bond acceptors (Lipinski definition) is 3.